The minimum absolute atomic E-state index is 0.0612. The van der Waals surface area contributed by atoms with Gasteiger partial charge in [0.1, 0.15) is 0 Å². The van der Waals surface area contributed by atoms with Crippen LogP contribution < -0.4 is 0 Å². The molecule has 110 valence electrons. The van der Waals surface area contributed by atoms with E-state index in [1.54, 1.807) is 0 Å². The highest BCUT2D eigenvalue weighted by Crippen LogP contribution is 2.49. The number of allylic oxidation sites excluding steroid dienone is 2. The number of rotatable bonds is 2. The molecule has 1 saturated heterocycles. The molecule has 4 heteroatoms. The Morgan fingerprint density at radius 2 is 1.55 bits per heavy atom. The Balaban J connectivity index is 1.79. The van der Waals surface area contributed by atoms with Crippen molar-refractivity contribution in [2.24, 2.45) is 35.5 Å². The lowest BCUT2D eigenvalue weighted by atomic mass is 9.81. The van der Waals surface area contributed by atoms with Gasteiger partial charge in [-0.2, -0.15) is 0 Å². The minimum Gasteiger partial charge on any atom is -0.481 e. The summed E-state index contributed by atoms with van der Waals surface area (Å²) in [5.74, 6) is -0.344. The van der Waals surface area contributed by atoms with Crippen molar-refractivity contribution < 1.29 is 14.7 Å². The second-order valence-electron chi connectivity index (χ2n) is 7.03. The van der Waals surface area contributed by atoms with E-state index in [0.29, 0.717) is 11.8 Å². The number of nitrogens with zero attached hydrogens (tertiary/aromatic N) is 1. The largest absolute Gasteiger partial charge is 0.481 e. The molecular weight excluding hydrogens is 254 g/mol. The maximum Gasteiger partial charge on any atom is 0.307 e. The van der Waals surface area contributed by atoms with Crippen LogP contribution in [0.1, 0.15) is 26.7 Å². The molecule has 2 fully saturated rings. The molecule has 2 aliphatic carbocycles. The van der Waals surface area contributed by atoms with Crippen LogP contribution in [0, 0.1) is 35.5 Å². The summed E-state index contributed by atoms with van der Waals surface area (Å²) in [6.45, 7) is 5.91. The van der Waals surface area contributed by atoms with Crippen LogP contribution in [0.4, 0.5) is 0 Å². The number of piperidine rings is 1. The summed E-state index contributed by atoms with van der Waals surface area (Å²) in [7, 11) is 0. The quantitative estimate of drug-likeness (QED) is 0.786. The lowest BCUT2D eigenvalue weighted by Gasteiger charge is -2.38. The molecule has 4 unspecified atom stereocenters. The maximum atomic E-state index is 12.8. The van der Waals surface area contributed by atoms with Gasteiger partial charge < -0.3 is 10.0 Å². The Hall–Kier alpha value is -1.32. The van der Waals surface area contributed by atoms with Crippen molar-refractivity contribution in [2.75, 3.05) is 13.1 Å². The highest BCUT2D eigenvalue weighted by atomic mass is 16.4. The Bertz CT molecular complexity index is 449. The third-order valence-corrected chi connectivity index (χ3v) is 5.21. The second kappa shape index (κ2) is 4.90. The number of hydrogen-bond donors (Lipinski definition) is 1. The molecular formula is C16H23NO3. The van der Waals surface area contributed by atoms with Gasteiger partial charge in [0.05, 0.1) is 11.8 Å². The van der Waals surface area contributed by atoms with E-state index in [-0.39, 0.29) is 23.7 Å². The van der Waals surface area contributed by atoms with Crippen molar-refractivity contribution >= 4 is 11.9 Å². The Morgan fingerprint density at radius 1 is 1.00 bits per heavy atom. The first-order valence-electron chi connectivity index (χ1n) is 7.67. The Morgan fingerprint density at radius 3 is 2.10 bits per heavy atom. The Kier molecular flexibility index (Phi) is 3.35. The monoisotopic (exact) mass is 277 g/mol. The fraction of sp³-hybridized carbons (Fsp3) is 0.750. The zero-order valence-electron chi connectivity index (χ0n) is 12.2. The molecule has 1 aliphatic heterocycles. The van der Waals surface area contributed by atoms with Gasteiger partial charge in [-0.25, -0.2) is 0 Å². The molecule has 0 aromatic carbocycles. The van der Waals surface area contributed by atoms with Crippen LogP contribution in [0.25, 0.3) is 0 Å². The van der Waals surface area contributed by atoms with Gasteiger partial charge in [0, 0.05) is 13.1 Å². The van der Waals surface area contributed by atoms with Crippen LogP contribution in [0.15, 0.2) is 12.2 Å². The predicted octanol–water partition coefficient (Wildman–Crippen LogP) is 2.01. The molecule has 1 N–H and O–H groups in total. The Labute approximate surface area is 119 Å². The van der Waals surface area contributed by atoms with E-state index < -0.39 is 11.9 Å². The summed E-state index contributed by atoms with van der Waals surface area (Å²) >= 11 is 0. The SMILES string of the molecule is CC1CC(C)CN(C(=O)[C@H]2C3C=CC(C3)[C@H]2C(=O)O)C1. The van der Waals surface area contributed by atoms with Gasteiger partial charge in [-0.15, -0.1) is 0 Å². The highest BCUT2D eigenvalue weighted by molar-refractivity contribution is 5.87. The first-order chi connectivity index (χ1) is 9.47. The number of fused-ring (bicyclic) bond motifs is 2. The molecule has 6 atom stereocenters. The van der Waals surface area contributed by atoms with E-state index in [2.05, 4.69) is 19.9 Å². The van der Waals surface area contributed by atoms with Crippen LogP contribution in [0.2, 0.25) is 0 Å². The molecule has 0 aromatic rings. The molecule has 2 bridgehead atoms. The number of carboxylic acid groups (broad SMARTS) is 1. The van der Waals surface area contributed by atoms with Crippen LogP contribution >= 0.6 is 0 Å². The number of likely N-dealkylation sites (tertiary alicyclic amines) is 1. The normalized spacial score (nSPS) is 43.0. The van der Waals surface area contributed by atoms with Gasteiger partial charge >= 0.3 is 5.97 Å². The van der Waals surface area contributed by atoms with E-state index in [9.17, 15) is 14.7 Å². The summed E-state index contributed by atoms with van der Waals surface area (Å²) in [5.41, 5.74) is 0. The minimum atomic E-state index is -0.807. The van der Waals surface area contributed by atoms with Gasteiger partial charge in [0.15, 0.2) is 0 Å². The molecule has 0 aromatic heterocycles. The summed E-state index contributed by atoms with van der Waals surface area (Å²) < 4.78 is 0. The number of aliphatic carboxylic acids is 1. The molecule has 4 nitrogen and oxygen atoms in total. The average molecular weight is 277 g/mol. The van der Waals surface area contributed by atoms with Crippen molar-refractivity contribution in [1.29, 1.82) is 0 Å². The van der Waals surface area contributed by atoms with Crippen molar-refractivity contribution in [1.82, 2.24) is 4.90 Å². The molecule has 20 heavy (non-hydrogen) atoms. The molecule has 1 saturated carbocycles. The molecule has 1 heterocycles. The van der Waals surface area contributed by atoms with Crippen LogP contribution in [0.5, 0.6) is 0 Å². The zero-order chi connectivity index (χ0) is 14.4. The van der Waals surface area contributed by atoms with Gasteiger partial charge in [-0.1, -0.05) is 26.0 Å². The van der Waals surface area contributed by atoms with Crippen LogP contribution in [0.3, 0.4) is 0 Å². The third kappa shape index (κ3) is 2.15. The standard InChI is InChI=1S/C16H23NO3/c1-9-5-10(2)8-17(7-9)15(18)13-11-3-4-12(6-11)14(13)16(19)20/h3-4,9-14H,5-8H2,1-2H3,(H,19,20)/t9?,10?,11?,12?,13-,14+/m0/s1. The van der Waals surface area contributed by atoms with Gasteiger partial charge in [0.25, 0.3) is 0 Å². The van der Waals surface area contributed by atoms with E-state index >= 15 is 0 Å². The number of amides is 1. The molecule has 3 aliphatic rings. The summed E-state index contributed by atoms with van der Waals surface area (Å²) in [6, 6.07) is 0. The predicted molar refractivity (Wildman–Crippen MR) is 74.9 cm³/mol. The van der Waals surface area contributed by atoms with Crippen LogP contribution in [-0.4, -0.2) is 35.0 Å². The second-order valence-corrected chi connectivity index (χ2v) is 7.03. The van der Waals surface area contributed by atoms with Crippen molar-refractivity contribution in [3.8, 4) is 0 Å². The first-order valence-corrected chi connectivity index (χ1v) is 7.67. The summed E-state index contributed by atoms with van der Waals surface area (Å²) in [6.07, 6.45) is 6.05. The van der Waals surface area contributed by atoms with E-state index in [1.165, 1.54) is 0 Å². The lowest BCUT2D eigenvalue weighted by Crippen LogP contribution is -2.48. The van der Waals surface area contributed by atoms with Crippen molar-refractivity contribution in [3.05, 3.63) is 12.2 Å². The number of carbonyl (C=O) groups is 2. The smallest absolute Gasteiger partial charge is 0.307 e. The number of hydrogen-bond acceptors (Lipinski definition) is 2. The third-order valence-electron chi connectivity index (χ3n) is 5.21. The molecule has 3 rings (SSSR count). The maximum absolute atomic E-state index is 12.8. The number of carbonyl (C=O) groups excluding carboxylic acids is 1. The fourth-order valence-corrected chi connectivity index (χ4v) is 4.55. The zero-order valence-corrected chi connectivity index (χ0v) is 12.2. The molecule has 0 spiro atoms. The fourth-order valence-electron chi connectivity index (χ4n) is 4.55. The summed E-state index contributed by atoms with van der Waals surface area (Å²) in [5, 5.41) is 9.45. The summed E-state index contributed by atoms with van der Waals surface area (Å²) in [4.78, 5) is 26.3. The van der Waals surface area contributed by atoms with Gasteiger partial charge in [-0.3, -0.25) is 9.59 Å². The van der Waals surface area contributed by atoms with E-state index in [4.69, 9.17) is 0 Å². The van der Waals surface area contributed by atoms with E-state index in [0.717, 1.165) is 25.9 Å². The van der Waals surface area contributed by atoms with E-state index in [1.807, 2.05) is 11.0 Å². The topological polar surface area (TPSA) is 57.6 Å². The highest BCUT2D eigenvalue weighted by Gasteiger charge is 2.52. The van der Waals surface area contributed by atoms with Gasteiger partial charge in [-0.05, 0) is 36.5 Å². The first kappa shape index (κ1) is 13.7. The van der Waals surface area contributed by atoms with Crippen molar-refractivity contribution in [3.63, 3.8) is 0 Å². The van der Waals surface area contributed by atoms with Crippen LogP contribution in [-0.2, 0) is 9.59 Å². The number of carboxylic acids is 1. The average Bonchev–Trinajstić information content (AvgIpc) is 2.96. The molecule has 1 amide bonds. The molecule has 0 radical (unpaired) electrons. The lowest BCUT2D eigenvalue weighted by molar-refractivity contribution is -0.152. The van der Waals surface area contributed by atoms with Crippen molar-refractivity contribution in [2.45, 2.75) is 26.7 Å². The van der Waals surface area contributed by atoms with Gasteiger partial charge in [0.2, 0.25) is 5.91 Å².